The second-order valence-electron chi connectivity index (χ2n) is 12.6. The van der Waals surface area contributed by atoms with Gasteiger partial charge >= 0.3 is 0 Å². The van der Waals surface area contributed by atoms with Crippen LogP contribution in [0.15, 0.2) is 24.3 Å². The number of likely N-dealkylation sites (tertiary alicyclic amines) is 1. The van der Waals surface area contributed by atoms with Gasteiger partial charge in [0, 0.05) is 56.0 Å². The number of benzene rings is 1. The van der Waals surface area contributed by atoms with Gasteiger partial charge in [0.25, 0.3) is 0 Å². The Kier molecular flexibility index (Phi) is 14.6. The van der Waals surface area contributed by atoms with Crippen LogP contribution in [0.3, 0.4) is 0 Å². The van der Waals surface area contributed by atoms with Crippen LogP contribution in [0.25, 0.3) is 0 Å². The lowest BCUT2D eigenvalue weighted by Gasteiger charge is -2.41. The number of piperidine rings is 1. The molecule has 2 aliphatic rings. The summed E-state index contributed by atoms with van der Waals surface area (Å²) >= 11 is 3.40. The second kappa shape index (κ2) is 17.8. The molecule has 1 saturated heterocycles. The van der Waals surface area contributed by atoms with E-state index in [-0.39, 0.29) is 48.8 Å². The molecule has 2 bridgehead atoms. The van der Waals surface area contributed by atoms with Crippen LogP contribution in [0.5, 0.6) is 0 Å². The number of carbonyl (C=O) groups excluding carboxylic acids is 5. The van der Waals surface area contributed by atoms with E-state index in [1.54, 1.807) is 28.4 Å². The fourth-order valence-electron chi connectivity index (χ4n) is 5.61. The molecule has 0 aromatic heterocycles. The molecule has 0 unspecified atom stereocenters. The summed E-state index contributed by atoms with van der Waals surface area (Å²) in [5, 5.41) is 11.9. The Morgan fingerprint density at radius 1 is 0.978 bits per heavy atom. The number of hydrogen-bond acceptors (Lipinski definition) is 7. The van der Waals surface area contributed by atoms with Gasteiger partial charge in [-0.3, -0.25) is 24.0 Å². The van der Waals surface area contributed by atoms with Gasteiger partial charge in [-0.05, 0) is 42.2 Å². The van der Waals surface area contributed by atoms with Crippen molar-refractivity contribution in [2.75, 3.05) is 31.1 Å². The molecule has 5 amide bonds. The third-order valence-electron chi connectivity index (χ3n) is 8.55. The molecule has 1 spiro atoms. The van der Waals surface area contributed by atoms with Crippen molar-refractivity contribution in [2.24, 2.45) is 11.8 Å². The topological polar surface area (TPSA) is 137 Å². The van der Waals surface area contributed by atoms with Crippen molar-refractivity contribution in [1.29, 1.82) is 0 Å². The Morgan fingerprint density at radius 3 is 2.22 bits per heavy atom. The van der Waals surface area contributed by atoms with Gasteiger partial charge in [-0.2, -0.15) is 23.5 Å². The fraction of sp³-hybridized carbons (Fsp3) is 0.667. The average molecular weight is 662 g/mol. The normalized spacial score (nSPS) is 23.6. The monoisotopic (exact) mass is 661 g/mol. The van der Waals surface area contributed by atoms with E-state index in [2.05, 4.69) is 39.5 Å². The molecular weight excluding hydrogens is 611 g/mol. The molecule has 250 valence electrons. The molecule has 12 heteroatoms. The molecular formula is C33H51N5O5S2. The zero-order valence-corrected chi connectivity index (χ0v) is 29.0. The van der Waals surface area contributed by atoms with Crippen molar-refractivity contribution in [1.82, 2.24) is 26.2 Å². The van der Waals surface area contributed by atoms with E-state index in [0.29, 0.717) is 38.2 Å². The van der Waals surface area contributed by atoms with Gasteiger partial charge in [0.1, 0.15) is 17.6 Å². The van der Waals surface area contributed by atoms with Gasteiger partial charge in [0.2, 0.25) is 29.5 Å². The highest BCUT2D eigenvalue weighted by Crippen LogP contribution is 2.25. The van der Waals surface area contributed by atoms with Crippen LogP contribution in [0.2, 0.25) is 0 Å². The van der Waals surface area contributed by atoms with E-state index in [4.69, 9.17) is 0 Å². The SMILES string of the molecule is CC[C@H](C)[C@@H]1NC(=O)[C@H](CC(C)C)NC(=O)C2(CCN(C(C)=O)CC2)NC(=O)CCSCc2cccc(c2)CSCCNC1=O. The number of rotatable bonds is 4. The average Bonchev–Trinajstić information content (AvgIpc) is 3.00. The number of thioether (sulfide) groups is 2. The molecule has 1 aromatic rings. The molecule has 0 saturated carbocycles. The lowest BCUT2D eigenvalue weighted by Crippen LogP contribution is -2.66. The minimum Gasteiger partial charge on any atom is -0.353 e. The standard InChI is InChI=1S/C33H51N5O5S2/c1-6-23(4)29-31(42)34-13-17-45-21-26-9-7-8-25(19-26)20-44-16-10-28(40)37-33(11-14-38(15-12-33)24(5)39)32(43)35-27(18-22(2)3)30(41)36-29/h7-9,19,22-23,27,29H,6,10-18,20-21H2,1-5H3,(H,34,42)(H,35,43)(H,36,41)(H,37,40)/t23-,27-,29-/m0/s1. The molecule has 45 heavy (non-hydrogen) atoms. The van der Waals surface area contributed by atoms with Gasteiger partial charge < -0.3 is 26.2 Å². The molecule has 4 N–H and O–H groups in total. The Labute approximate surface area is 276 Å². The van der Waals surface area contributed by atoms with Gasteiger partial charge in [-0.25, -0.2) is 0 Å². The van der Waals surface area contributed by atoms with Crippen molar-refractivity contribution in [2.45, 2.75) is 95.9 Å². The third-order valence-corrected chi connectivity index (χ3v) is 10.6. The van der Waals surface area contributed by atoms with E-state index in [1.807, 2.05) is 33.8 Å². The first-order valence-electron chi connectivity index (χ1n) is 16.1. The molecule has 0 radical (unpaired) electrons. The van der Waals surface area contributed by atoms with Gasteiger partial charge in [0.15, 0.2) is 0 Å². The first kappa shape index (κ1) is 36.7. The van der Waals surface area contributed by atoms with Crippen molar-refractivity contribution in [3.8, 4) is 0 Å². The van der Waals surface area contributed by atoms with E-state index in [0.717, 1.165) is 17.3 Å². The highest BCUT2D eigenvalue weighted by atomic mass is 32.2. The zero-order chi connectivity index (χ0) is 33.0. The van der Waals surface area contributed by atoms with Crippen molar-refractivity contribution in [3.05, 3.63) is 35.4 Å². The largest absolute Gasteiger partial charge is 0.353 e. The van der Waals surface area contributed by atoms with Crippen LogP contribution in [0.4, 0.5) is 0 Å². The third kappa shape index (κ3) is 11.2. The molecule has 3 atom stereocenters. The first-order valence-corrected chi connectivity index (χ1v) is 18.4. The smallest absolute Gasteiger partial charge is 0.246 e. The summed E-state index contributed by atoms with van der Waals surface area (Å²) in [4.78, 5) is 68.0. The Morgan fingerprint density at radius 2 is 1.62 bits per heavy atom. The molecule has 3 rings (SSSR count). The number of nitrogens with zero attached hydrogens (tertiary/aromatic N) is 1. The quantitative estimate of drug-likeness (QED) is 0.389. The maximum atomic E-state index is 14.0. The number of amides is 5. The van der Waals surface area contributed by atoms with Crippen LogP contribution in [-0.4, -0.2) is 83.2 Å². The number of fused-ring (bicyclic) bond motifs is 2. The number of nitrogens with one attached hydrogen (secondary N) is 4. The number of hydrogen-bond donors (Lipinski definition) is 4. The predicted octanol–water partition coefficient (Wildman–Crippen LogP) is 3.23. The lowest BCUT2D eigenvalue weighted by atomic mass is 9.85. The molecule has 2 heterocycles. The van der Waals surface area contributed by atoms with Crippen LogP contribution >= 0.6 is 23.5 Å². The first-order chi connectivity index (χ1) is 21.4. The summed E-state index contributed by atoms with van der Waals surface area (Å²) in [6, 6.07) is 6.75. The van der Waals surface area contributed by atoms with E-state index in [1.165, 1.54) is 18.1 Å². The van der Waals surface area contributed by atoms with Crippen LogP contribution < -0.4 is 21.3 Å². The summed E-state index contributed by atoms with van der Waals surface area (Å²) in [7, 11) is 0. The molecule has 2 aliphatic heterocycles. The van der Waals surface area contributed by atoms with Gasteiger partial charge in [-0.15, -0.1) is 0 Å². The lowest BCUT2D eigenvalue weighted by molar-refractivity contribution is -0.141. The second-order valence-corrected chi connectivity index (χ2v) is 14.8. The summed E-state index contributed by atoms with van der Waals surface area (Å²) < 4.78 is 0. The highest BCUT2D eigenvalue weighted by molar-refractivity contribution is 7.98. The fourth-order valence-corrected chi connectivity index (χ4v) is 7.30. The molecule has 1 fully saturated rings. The van der Waals surface area contributed by atoms with E-state index in [9.17, 15) is 24.0 Å². The van der Waals surface area contributed by atoms with Crippen molar-refractivity contribution >= 4 is 53.1 Å². The summed E-state index contributed by atoms with van der Waals surface area (Å²) in [6.07, 6.45) is 1.79. The summed E-state index contributed by atoms with van der Waals surface area (Å²) in [5.41, 5.74) is 1.14. The Hall–Kier alpha value is -2.73. The van der Waals surface area contributed by atoms with Crippen molar-refractivity contribution in [3.63, 3.8) is 0 Å². The maximum absolute atomic E-state index is 14.0. The van der Waals surface area contributed by atoms with Gasteiger partial charge in [-0.1, -0.05) is 58.4 Å². The minimum absolute atomic E-state index is 0.0780. The number of carbonyl (C=O) groups is 5. The molecule has 1 aromatic carbocycles. The minimum atomic E-state index is -1.25. The van der Waals surface area contributed by atoms with E-state index >= 15 is 0 Å². The Balaban J connectivity index is 1.88. The zero-order valence-electron chi connectivity index (χ0n) is 27.4. The van der Waals surface area contributed by atoms with Crippen LogP contribution in [0, 0.1) is 11.8 Å². The predicted molar refractivity (Wildman–Crippen MR) is 182 cm³/mol. The van der Waals surface area contributed by atoms with E-state index < -0.39 is 29.4 Å². The van der Waals surface area contributed by atoms with Gasteiger partial charge in [0.05, 0.1) is 0 Å². The molecule has 0 aliphatic carbocycles. The van der Waals surface area contributed by atoms with Crippen molar-refractivity contribution < 1.29 is 24.0 Å². The highest BCUT2D eigenvalue weighted by Gasteiger charge is 2.44. The summed E-state index contributed by atoms with van der Waals surface area (Å²) in [5.74, 6) is 1.45. The van der Waals surface area contributed by atoms with Crippen LogP contribution in [-0.2, 0) is 35.5 Å². The van der Waals surface area contributed by atoms with Crippen LogP contribution in [0.1, 0.15) is 77.8 Å². The maximum Gasteiger partial charge on any atom is 0.246 e. The summed E-state index contributed by atoms with van der Waals surface area (Å²) in [6.45, 7) is 10.5. The Bertz CT molecular complexity index is 1190. The molecule has 10 nitrogen and oxygen atoms in total.